The molecule has 0 aliphatic carbocycles. The molecule has 0 saturated carbocycles. The van der Waals surface area contributed by atoms with Crippen LogP contribution in [-0.4, -0.2) is 16.0 Å². The number of carbonyl (C=O) groups is 1. The monoisotopic (exact) mass is 310 g/mol. The van der Waals surface area contributed by atoms with E-state index in [1.165, 1.54) is 18.2 Å². The van der Waals surface area contributed by atoms with E-state index in [9.17, 15) is 19.3 Å². The Kier molecular flexibility index (Phi) is 4.04. The van der Waals surface area contributed by atoms with Crippen LogP contribution in [0.1, 0.15) is 10.4 Å². The van der Waals surface area contributed by atoms with Gasteiger partial charge in [0, 0.05) is 5.02 Å². The number of nitrogens with one attached hydrogen (secondary N) is 1. The van der Waals surface area contributed by atoms with Gasteiger partial charge in [-0.3, -0.25) is 10.1 Å². The van der Waals surface area contributed by atoms with Crippen molar-refractivity contribution in [1.82, 2.24) is 0 Å². The van der Waals surface area contributed by atoms with Crippen LogP contribution in [0.15, 0.2) is 36.4 Å². The van der Waals surface area contributed by atoms with E-state index in [2.05, 4.69) is 5.32 Å². The van der Waals surface area contributed by atoms with Crippen LogP contribution in [0, 0.1) is 15.9 Å². The molecule has 21 heavy (non-hydrogen) atoms. The Morgan fingerprint density at radius 3 is 2.52 bits per heavy atom. The second kappa shape index (κ2) is 5.76. The highest BCUT2D eigenvalue weighted by Crippen LogP contribution is 2.30. The van der Waals surface area contributed by atoms with Crippen LogP contribution in [0.5, 0.6) is 0 Å². The van der Waals surface area contributed by atoms with Gasteiger partial charge in [-0.25, -0.2) is 9.18 Å². The van der Waals surface area contributed by atoms with E-state index in [-0.39, 0.29) is 22.0 Å². The predicted molar refractivity (Wildman–Crippen MR) is 74.7 cm³/mol. The normalized spacial score (nSPS) is 10.2. The molecule has 0 aliphatic heterocycles. The van der Waals surface area contributed by atoms with Crippen molar-refractivity contribution in [1.29, 1.82) is 0 Å². The SMILES string of the molecule is O=C(O)c1cc(Cl)ccc1Nc1ccc(F)cc1[N+](=O)[O-]. The summed E-state index contributed by atoms with van der Waals surface area (Å²) in [5.41, 5.74) is -0.560. The molecule has 0 unspecified atom stereocenters. The number of carboxylic acid groups (broad SMARTS) is 1. The number of rotatable bonds is 4. The lowest BCUT2D eigenvalue weighted by molar-refractivity contribution is -0.384. The zero-order chi connectivity index (χ0) is 15.6. The highest BCUT2D eigenvalue weighted by Gasteiger charge is 2.18. The van der Waals surface area contributed by atoms with Gasteiger partial charge in [-0.15, -0.1) is 0 Å². The highest BCUT2D eigenvalue weighted by atomic mass is 35.5. The summed E-state index contributed by atoms with van der Waals surface area (Å²) in [5.74, 6) is -2.01. The summed E-state index contributed by atoms with van der Waals surface area (Å²) >= 11 is 5.72. The zero-order valence-corrected chi connectivity index (χ0v) is 11.1. The molecule has 0 heterocycles. The van der Waals surface area contributed by atoms with Gasteiger partial charge >= 0.3 is 5.97 Å². The van der Waals surface area contributed by atoms with E-state index in [1.807, 2.05) is 0 Å². The number of hydrogen-bond acceptors (Lipinski definition) is 4. The Bertz CT molecular complexity index is 675. The van der Waals surface area contributed by atoms with Crippen molar-refractivity contribution in [3.63, 3.8) is 0 Å². The average molecular weight is 311 g/mol. The lowest BCUT2D eigenvalue weighted by Crippen LogP contribution is -2.04. The van der Waals surface area contributed by atoms with Gasteiger partial charge in [-0.2, -0.15) is 0 Å². The van der Waals surface area contributed by atoms with Gasteiger partial charge < -0.3 is 10.4 Å². The first kappa shape index (κ1) is 14.7. The van der Waals surface area contributed by atoms with Crippen LogP contribution in [0.25, 0.3) is 0 Å². The maximum atomic E-state index is 13.1. The molecule has 0 bridgehead atoms. The number of hydrogen-bond donors (Lipinski definition) is 2. The van der Waals surface area contributed by atoms with Crippen molar-refractivity contribution < 1.29 is 19.2 Å². The summed E-state index contributed by atoms with van der Waals surface area (Å²) in [7, 11) is 0. The Labute approximate surface area is 122 Å². The molecule has 108 valence electrons. The van der Waals surface area contributed by atoms with Crippen LogP contribution in [0.4, 0.5) is 21.5 Å². The van der Waals surface area contributed by atoms with Gasteiger partial charge in [0.25, 0.3) is 5.69 Å². The molecule has 6 nitrogen and oxygen atoms in total. The van der Waals surface area contributed by atoms with E-state index in [0.717, 1.165) is 18.2 Å². The van der Waals surface area contributed by atoms with Crippen LogP contribution < -0.4 is 5.32 Å². The Morgan fingerprint density at radius 2 is 1.90 bits per heavy atom. The number of nitro benzene ring substituents is 1. The third-order valence-corrected chi connectivity index (χ3v) is 2.87. The predicted octanol–water partition coefficient (Wildman–Crippen LogP) is 3.83. The number of anilines is 2. The lowest BCUT2D eigenvalue weighted by Gasteiger charge is -2.10. The molecule has 2 aromatic carbocycles. The summed E-state index contributed by atoms with van der Waals surface area (Å²) in [5, 5.41) is 22.8. The minimum Gasteiger partial charge on any atom is -0.478 e. The van der Waals surface area contributed by atoms with Crippen molar-refractivity contribution in [3.8, 4) is 0 Å². The van der Waals surface area contributed by atoms with Crippen molar-refractivity contribution in [2.24, 2.45) is 0 Å². The van der Waals surface area contributed by atoms with Crippen LogP contribution in [0.3, 0.4) is 0 Å². The average Bonchev–Trinajstić information content (AvgIpc) is 2.42. The second-order valence-electron chi connectivity index (χ2n) is 4.04. The number of aromatic carboxylic acids is 1. The van der Waals surface area contributed by atoms with E-state index in [4.69, 9.17) is 16.7 Å². The zero-order valence-electron chi connectivity index (χ0n) is 10.3. The summed E-state index contributed by atoms with van der Waals surface area (Å²) in [6, 6.07) is 6.96. The molecular formula is C13H8ClFN2O4. The molecular weight excluding hydrogens is 303 g/mol. The van der Waals surface area contributed by atoms with E-state index < -0.39 is 22.4 Å². The second-order valence-corrected chi connectivity index (χ2v) is 4.48. The van der Waals surface area contributed by atoms with E-state index in [1.54, 1.807) is 0 Å². The minimum absolute atomic E-state index is 0.0220. The molecule has 0 spiro atoms. The van der Waals surface area contributed by atoms with Gasteiger partial charge in [0.15, 0.2) is 0 Å². The third kappa shape index (κ3) is 3.26. The maximum absolute atomic E-state index is 13.1. The first-order chi connectivity index (χ1) is 9.88. The molecule has 8 heteroatoms. The first-order valence-electron chi connectivity index (χ1n) is 5.62. The molecule has 0 fully saturated rings. The molecule has 2 rings (SSSR count). The Balaban J connectivity index is 2.48. The number of halogens is 2. The van der Waals surface area contributed by atoms with Crippen molar-refractivity contribution in [2.75, 3.05) is 5.32 Å². The first-order valence-corrected chi connectivity index (χ1v) is 6.00. The number of nitrogens with zero attached hydrogens (tertiary/aromatic N) is 1. The van der Waals surface area contributed by atoms with Gasteiger partial charge in [0.2, 0.25) is 0 Å². The maximum Gasteiger partial charge on any atom is 0.337 e. The number of nitro groups is 1. The molecule has 0 radical (unpaired) electrons. The molecule has 0 aromatic heterocycles. The molecule has 0 saturated heterocycles. The van der Waals surface area contributed by atoms with E-state index >= 15 is 0 Å². The molecule has 2 aromatic rings. The topological polar surface area (TPSA) is 92.5 Å². The quantitative estimate of drug-likeness (QED) is 0.661. The van der Waals surface area contributed by atoms with Crippen LogP contribution in [-0.2, 0) is 0 Å². The van der Waals surface area contributed by atoms with Gasteiger partial charge in [-0.1, -0.05) is 11.6 Å². The standard InChI is InChI=1S/C13H8ClFN2O4/c14-7-1-3-10(9(5-7)13(18)19)16-11-4-2-8(15)6-12(11)17(20)21/h1-6,16H,(H,18,19). The molecule has 0 atom stereocenters. The molecule has 0 aliphatic rings. The highest BCUT2D eigenvalue weighted by molar-refractivity contribution is 6.31. The summed E-state index contributed by atoms with van der Waals surface area (Å²) in [6.45, 7) is 0. The smallest absolute Gasteiger partial charge is 0.337 e. The van der Waals surface area contributed by atoms with Crippen LogP contribution >= 0.6 is 11.6 Å². The van der Waals surface area contributed by atoms with Crippen molar-refractivity contribution in [3.05, 3.63) is 62.9 Å². The fourth-order valence-corrected chi connectivity index (χ4v) is 1.88. The Morgan fingerprint density at radius 1 is 1.24 bits per heavy atom. The van der Waals surface area contributed by atoms with E-state index in [0.29, 0.717) is 0 Å². The largest absolute Gasteiger partial charge is 0.478 e. The summed E-state index contributed by atoms with van der Waals surface area (Å²) in [4.78, 5) is 21.3. The third-order valence-electron chi connectivity index (χ3n) is 2.64. The van der Waals surface area contributed by atoms with Gasteiger partial charge in [-0.05, 0) is 30.3 Å². The summed E-state index contributed by atoms with van der Waals surface area (Å²) in [6.07, 6.45) is 0. The minimum atomic E-state index is -1.25. The molecule has 0 amide bonds. The van der Waals surface area contributed by atoms with Crippen molar-refractivity contribution >= 4 is 34.6 Å². The lowest BCUT2D eigenvalue weighted by atomic mass is 10.1. The van der Waals surface area contributed by atoms with Gasteiger partial charge in [0.1, 0.15) is 11.5 Å². The molecule has 2 N–H and O–H groups in total. The summed E-state index contributed by atoms with van der Waals surface area (Å²) < 4.78 is 13.1. The number of carboxylic acids is 1. The Hall–Kier alpha value is -2.67. The van der Waals surface area contributed by atoms with Gasteiger partial charge in [0.05, 0.1) is 22.2 Å². The fraction of sp³-hybridized carbons (Fsp3) is 0. The van der Waals surface area contributed by atoms with Crippen molar-refractivity contribution in [2.45, 2.75) is 0 Å². The van der Waals surface area contributed by atoms with Crippen LogP contribution in [0.2, 0.25) is 5.02 Å². The number of benzene rings is 2. The fourth-order valence-electron chi connectivity index (χ4n) is 1.71.